The third kappa shape index (κ3) is 6.19. The van der Waals surface area contributed by atoms with Gasteiger partial charge in [-0.05, 0) is 29.7 Å². The first kappa shape index (κ1) is 17.4. The highest BCUT2D eigenvalue weighted by molar-refractivity contribution is 5.83. The van der Waals surface area contributed by atoms with Crippen LogP contribution in [0.3, 0.4) is 0 Å². The Labute approximate surface area is 117 Å². The van der Waals surface area contributed by atoms with Gasteiger partial charge in [-0.2, -0.15) is 0 Å². The van der Waals surface area contributed by atoms with Gasteiger partial charge in [0.05, 0.1) is 0 Å². The van der Waals surface area contributed by atoms with E-state index >= 15 is 0 Å². The summed E-state index contributed by atoms with van der Waals surface area (Å²) in [5.41, 5.74) is 1.24. The largest absolute Gasteiger partial charge is 0.300 e. The van der Waals surface area contributed by atoms with Crippen molar-refractivity contribution in [3.05, 3.63) is 48.0 Å². The number of Topliss-reactive ketones (excluding diaryl/α,β-unsaturated/α-hetero) is 1. The van der Waals surface area contributed by atoms with E-state index in [-0.39, 0.29) is 5.78 Å². The molecule has 0 N–H and O–H groups in total. The zero-order chi connectivity index (χ0) is 14.7. The monoisotopic (exact) mass is 258 g/mol. The molecule has 0 amide bonds. The van der Waals surface area contributed by atoms with Crippen LogP contribution in [-0.2, 0) is 11.2 Å². The molecule has 0 aliphatic carbocycles. The lowest BCUT2D eigenvalue weighted by molar-refractivity contribution is -0.116. The van der Waals surface area contributed by atoms with Gasteiger partial charge in [-0.3, -0.25) is 0 Å². The standard InChI is InChI=1S/C14H14O.2C2H6/c1-11(15)6-7-12-8-9-13-4-2-3-5-14(13)10-12;2*1-2/h2-5,8-10H,6-7H2,1H3;2*1-2H3. The molecule has 0 aliphatic heterocycles. The molecule has 0 radical (unpaired) electrons. The van der Waals surface area contributed by atoms with Crippen molar-refractivity contribution in [2.75, 3.05) is 0 Å². The van der Waals surface area contributed by atoms with Gasteiger partial charge in [-0.25, -0.2) is 0 Å². The second-order valence-corrected chi connectivity index (χ2v) is 3.88. The highest BCUT2D eigenvalue weighted by atomic mass is 16.1. The topological polar surface area (TPSA) is 17.1 Å². The van der Waals surface area contributed by atoms with Crippen LogP contribution in [-0.4, -0.2) is 5.78 Å². The molecule has 19 heavy (non-hydrogen) atoms. The minimum absolute atomic E-state index is 0.253. The number of ketones is 1. The van der Waals surface area contributed by atoms with Gasteiger partial charge in [0.1, 0.15) is 5.78 Å². The first-order valence-electron chi connectivity index (χ1n) is 7.23. The minimum Gasteiger partial charge on any atom is -0.300 e. The summed E-state index contributed by atoms with van der Waals surface area (Å²) in [5.74, 6) is 0.253. The Morgan fingerprint density at radius 3 is 2.05 bits per heavy atom. The number of hydrogen-bond donors (Lipinski definition) is 0. The smallest absolute Gasteiger partial charge is 0.130 e. The van der Waals surface area contributed by atoms with Crippen molar-refractivity contribution in [3.63, 3.8) is 0 Å². The first-order chi connectivity index (χ1) is 9.25. The lowest BCUT2D eigenvalue weighted by Crippen LogP contribution is -1.93. The van der Waals surface area contributed by atoms with Gasteiger partial charge in [0.25, 0.3) is 0 Å². The van der Waals surface area contributed by atoms with Crippen molar-refractivity contribution in [3.8, 4) is 0 Å². The molecule has 0 aliphatic rings. The maximum absolute atomic E-state index is 10.9. The first-order valence-corrected chi connectivity index (χ1v) is 7.23. The van der Waals surface area contributed by atoms with Crippen LogP contribution in [0.4, 0.5) is 0 Å². The van der Waals surface area contributed by atoms with Crippen LogP contribution >= 0.6 is 0 Å². The van der Waals surface area contributed by atoms with E-state index in [1.54, 1.807) is 6.92 Å². The molecule has 0 fully saturated rings. The molecule has 0 saturated carbocycles. The van der Waals surface area contributed by atoms with Gasteiger partial charge >= 0.3 is 0 Å². The van der Waals surface area contributed by atoms with Crippen molar-refractivity contribution >= 4 is 16.6 Å². The Kier molecular flexibility index (Phi) is 9.42. The highest BCUT2D eigenvalue weighted by Gasteiger charge is 1.98. The number of fused-ring (bicyclic) bond motifs is 1. The molecule has 0 heterocycles. The maximum atomic E-state index is 10.9. The van der Waals surface area contributed by atoms with E-state index in [4.69, 9.17) is 0 Å². The lowest BCUT2D eigenvalue weighted by Gasteiger charge is -2.02. The van der Waals surface area contributed by atoms with Gasteiger partial charge in [0.15, 0.2) is 0 Å². The van der Waals surface area contributed by atoms with Crippen molar-refractivity contribution in [2.45, 2.75) is 47.5 Å². The average Bonchev–Trinajstić information content (AvgIpc) is 2.49. The molecule has 0 bridgehead atoms. The van der Waals surface area contributed by atoms with Crippen LogP contribution in [0.1, 0.15) is 46.6 Å². The quantitative estimate of drug-likeness (QED) is 0.719. The molecule has 2 aromatic carbocycles. The van der Waals surface area contributed by atoms with E-state index in [0.29, 0.717) is 6.42 Å². The highest BCUT2D eigenvalue weighted by Crippen LogP contribution is 2.16. The van der Waals surface area contributed by atoms with Crippen molar-refractivity contribution < 1.29 is 4.79 Å². The Morgan fingerprint density at radius 1 is 0.895 bits per heavy atom. The Bertz CT molecular complexity index is 486. The van der Waals surface area contributed by atoms with Crippen LogP contribution in [0.25, 0.3) is 10.8 Å². The average molecular weight is 258 g/mol. The zero-order valence-electron chi connectivity index (χ0n) is 12.9. The molecular formula is C18H26O. The molecule has 0 atom stereocenters. The second-order valence-electron chi connectivity index (χ2n) is 3.88. The predicted octanol–water partition coefficient (Wildman–Crippen LogP) is 5.41. The summed E-state index contributed by atoms with van der Waals surface area (Å²) in [6.45, 7) is 9.64. The fraction of sp³-hybridized carbons (Fsp3) is 0.389. The van der Waals surface area contributed by atoms with Crippen LogP contribution in [0.5, 0.6) is 0 Å². The molecule has 1 heteroatoms. The molecule has 0 saturated heterocycles. The number of aryl methyl sites for hydroxylation is 1. The Morgan fingerprint density at radius 2 is 1.47 bits per heavy atom. The van der Waals surface area contributed by atoms with Crippen LogP contribution < -0.4 is 0 Å². The summed E-state index contributed by atoms with van der Waals surface area (Å²) in [6, 6.07) is 14.7. The molecule has 104 valence electrons. The summed E-state index contributed by atoms with van der Waals surface area (Å²) < 4.78 is 0. The summed E-state index contributed by atoms with van der Waals surface area (Å²) in [5, 5.41) is 2.50. The van der Waals surface area contributed by atoms with E-state index in [9.17, 15) is 4.79 Å². The molecular weight excluding hydrogens is 232 g/mol. The van der Waals surface area contributed by atoms with Gasteiger partial charge < -0.3 is 4.79 Å². The van der Waals surface area contributed by atoms with E-state index < -0.39 is 0 Å². The Balaban J connectivity index is 0.000000741. The molecule has 2 rings (SSSR count). The summed E-state index contributed by atoms with van der Waals surface area (Å²) in [4.78, 5) is 10.9. The number of benzene rings is 2. The van der Waals surface area contributed by atoms with E-state index in [0.717, 1.165) is 6.42 Å². The molecule has 1 nitrogen and oxygen atoms in total. The van der Waals surface area contributed by atoms with E-state index in [1.807, 2.05) is 39.8 Å². The SMILES string of the molecule is CC.CC.CC(=O)CCc1ccc2ccccc2c1. The van der Waals surface area contributed by atoms with E-state index in [1.165, 1.54) is 16.3 Å². The fourth-order valence-corrected chi connectivity index (χ4v) is 1.71. The molecule has 0 spiro atoms. The number of carbonyl (C=O) groups is 1. The molecule has 2 aromatic rings. The van der Waals surface area contributed by atoms with E-state index in [2.05, 4.69) is 30.3 Å². The zero-order valence-corrected chi connectivity index (χ0v) is 12.9. The van der Waals surface area contributed by atoms with Crippen LogP contribution in [0, 0.1) is 0 Å². The van der Waals surface area contributed by atoms with Gasteiger partial charge in [0.2, 0.25) is 0 Å². The third-order valence-electron chi connectivity index (χ3n) is 2.58. The molecule has 0 aromatic heterocycles. The van der Waals surface area contributed by atoms with Crippen molar-refractivity contribution in [1.82, 2.24) is 0 Å². The lowest BCUT2D eigenvalue weighted by atomic mass is 10.0. The summed E-state index contributed by atoms with van der Waals surface area (Å²) >= 11 is 0. The van der Waals surface area contributed by atoms with Crippen LogP contribution in [0.15, 0.2) is 42.5 Å². The number of hydrogen-bond acceptors (Lipinski definition) is 1. The van der Waals surface area contributed by atoms with Crippen molar-refractivity contribution in [1.29, 1.82) is 0 Å². The summed E-state index contributed by atoms with van der Waals surface area (Å²) in [6.07, 6.45) is 1.48. The van der Waals surface area contributed by atoms with Crippen molar-refractivity contribution in [2.24, 2.45) is 0 Å². The number of carbonyl (C=O) groups excluding carboxylic acids is 1. The fourth-order valence-electron chi connectivity index (χ4n) is 1.71. The van der Waals surface area contributed by atoms with Gasteiger partial charge in [-0.1, -0.05) is 70.2 Å². The third-order valence-corrected chi connectivity index (χ3v) is 2.58. The van der Waals surface area contributed by atoms with Gasteiger partial charge in [0, 0.05) is 6.42 Å². The second kappa shape index (κ2) is 10.3. The normalized spacial score (nSPS) is 8.89. The Hall–Kier alpha value is -1.63. The number of rotatable bonds is 3. The summed E-state index contributed by atoms with van der Waals surface area (Å²) in [7, 11) is 0. The van der Waals surface area contributed by atoms with Gasteiger partial charge in [-0.15, -0.1) is 0 Å². The molecule has 0 unspecified atom stereocenters. The van der Waals surface area contributed by atoms with Crippen LogP contribution in [0.2, 0.25) is 0 Å². The maximum Gasteiger partial charge on any atom is 0.130 e. The minimum atomic E-state index is 0.253. The predicted molar refractivity (Wildman–Crippen MR) is 85.6 cm³/mol.